The quantitative estimate of drug-likeness (QED) is 0.627. The van der Waals surface area contributed by atoms with Crippen molar-refractivity contribution in [2.45, 2.75) is 23.9 Å². The average molecular weight is 306 g/mol. The van der Waals surface area contributed by atoms with Gasteiger partial charge in [-0.2, -0.15) is 13.2 Å². The third kappa shape index (κ3) is 2.86. The molecule has 1 aliphatic heterocycles. The Hall–Kier alpha value is -1.68. The van der Waals surface area contributed by atoms with Crippen molar-refractivity contribution in [1.82, 2.24) is 0 Å². The van der Waals surface area contributed by atoms with E-state index >= 15 is 0 Å². The first-order valence-electron chi connectivity index (χ1n) is 6.61. The summed E-state index contributed by atoms with van der Waals surface area (Å²) in [6.45, 7) is 2.10. The minimum Gasteiger partial charge on any atom is -0.166 e. The van der Waals surface area contributed by atoms with Crippen molar-refractivity contribution in [3.8, 4) is 0 Å². The van der Waals surface area contributed by atoms with Gasteiger partial charge < -0.3 is 0 Å². The molecule has 2 aromatic carbocycles. The molecule has 21 heavy (non-hydrogen) atoms. The monoisotopic (exact) mass is 306 g/mol. The Bertz CT molecular complexity index is 684. The number of benzene rings is 2. The average Bonchev–Trinajstić information content (AvgIpc) is 2.46. The van der Waals surface area contributed by atoms with E-state index in [2.05, 4.69) is 19.1 Å². The first-order valence-corrected chi connectivity index (χ1v) is 7.43. The highest BCUT2D eigenvalue weighted by atomic mass is 32.2. The van der Waals surface area contributed by atoms with E-state index in [9.17, 15) is 13.2 Å². The zero-order valence-electron chi connectivity index (χ0n) is 11.3. The predicted molar refractivity (Wildman–Crippen MR) is 80.1 cm³/mol. The van der Waals surface area contributed by atoms with E-state index in [0.717, 1.165) is 22.6 Å². The Morgan fingerprint density at radius 2 is 1.62 bits per heavy atom. The van der Waals surface area contributed by atoms with Gasteiger partial charge in [0.25, 0.3) is 0 Å². The minimum atomic E-state index is -4.29. The summed E-state index contributed by atoms with van der Waals surface area (Å²) in [4.78, 5) is 2.18. The third-order valence-corrected chi connectivity index (χ3v) is 4.71. The molecule has 108 valence electrons. The van der Waals surface area contributed by atoms with Crippen molar-refractivity contribution in [1.29, 1.82) is 0 Å². The van der Waals surface area contributed by atoms with Crippen molar-refractivity contribution in [2.24, 2.45) is 0 Å². The smallest absolute Gasteiger partial charge is 0.166 e. The summed E-state index contributed by atoms with van der Waals surface area (Å²) in [5.41, 5.74) is 1.48. The van der Waals surface area contributed by atoms with Crippen LogP contribution in [0.25, 0.3) is 4.91 Å². The van der Waals surface area contributed by atoms with Gasteiger partial charge in [-0.3, -0.25) is 0 Å². The van der Waals surface area contributed by atoms with Crippen LogP contribution in [0.4, 0.5) is 13.2 Å². The fraction of sp³-hybridized carbons (Fsp3) is 0.176. The lowest BCUT2D eigenvalue weighted by Gasteiger charge is -2.21. The van der Waals surface area contributed by atoms with E-state index in [4.69, 9.17) is 0 Å². The van der Waals surface area contributed by atoms with Gasteiger partial charge in [-0.1, -0.05) is 55.1 Å². The van der Waals surface area contributed by atoms with E-state index in [1.807, 2.05) is 18.2 Å². The first-order chi connectivity index (χ1) is 9.95. The minimum absolute atomic E-state index is 0.264. The molecule has 2 aromatic rings. The van der Waals surface area contributed by atoms with Crippen LogP contribution in [0, 0.1) is 0 Å². The van der Waals surface area contributed by atoms with Crippen molar-refractivity contribution in [3.05, 3.63) is 71.3 Å². The lowest BCUT2D eigenvalue weighted by Crippen LogP contribution is -2.04. The molecule has 1 atom stereocenters. The van der Waals surface area contributed by atoms with Crippen LogP contribution in [-0.2, 0) is 6.18 Å². The van der Waals surface area contributed by atoms with Gasteiger partial charge in [0, 0.05) is 15.7 Å². The molecule has 1 aliphatic rings. The Balaban J connectivity index is 1.92. The molecule has 0 fully saturated rings. The fourth-order valence-corrected chi connectivity index (χ4v) is 3.68. The van der Waals surface area contributed by atoms with E-state index < -0.39 is 11.7 Å². The Kier molecular flexibility index (Phi) is 3.57. The zero-order chi connectivity index (χ0) is 15.0. The zero-order valence-corrected chi connectivity index (χ0v) is 12.1. The molecule has 3 rings (SSSR count). The molecule has 0 saturated heterocycles. The van der Waals surface area contributed by atoms with Crippen LogP contribution in [0.2, 0.25) is 0 Å². The van der Waals surface area contributed by atoms with Crippen LogP contribution in [-0.4, -0.2) is 0 Å². The van der Waals surface area contributed by atoms with Crippen molar-refractivity contribution in [3.63, 3.8) is 0 Å². The van der Waals surface area contributed by atoms with Crippen LogP contribution >= 0.6 is 11.8 Å². The van der Waals surface area contributed by atoms with Crippen LogP contribution in [0.1, 0.15) is 29.5 Å². The van der Waals surface area contributed by atoms with Gasteiger partial charge in [0.15, 0.2) is 0 Å². The standard InChI is InChI=1S/C17H13F3S/c1-11-10-16(21-15-5-3-2-4-14(11)15)12-6-8-13(9-7-12)17(18,19)20/h2-11H,1H3. The lowest BCUT2D eigenvalue weighted by atomic mass is 9.99. The molecule has 0 aliphatic carbocycles. The van der Waals surface area contributed by atoms with Gasteiger partial charge in [0.05, 0.1) is 5.56 Å². The molecule has 0 bridgehead atoms. The first kappa shape index (κ1) is 14.3. The van der Waals surface area contributed by atoms with Crippen molar-refractivity contribution in [2.75, 3.05) is 0 Å². The topological polar surface area (TPSA) is 0 Å². The van der Waals surface area contributed by atoms with E-state index in [0.29, 0.717) is 0 Å². The number of rotatable bonds is 1. The second-order valence-electron chi connectivity index (χ2n) is 5.03. The number of hydrogen-bond donors (Lipinski definition) is 0. The van der Waals surface area contributed by atoms with Crippen LogP contribution in [0.15, 0.2) is 59.5 Å². The van der Waals surface area contributed by atoms with Crippen LogP contribution < -0.4 is 0 Å². The number of hydrogen-bond acceptors (Lipinski definition) is 1. The summed E-state index contributed by atoms with van der Waals surface area (Å²) in [6.07, 6.45) is -2.18. The summed E-state index contributed by atoms with van der Waals surface area (Å²) in [6, 6.07) is 13.5. The highest BCUT2D eigenvalue weighted by Crippen LogP contribution is 2.44. The van der Waals surface area contributed by atoms with Gasteiger partial charge in [-0.15, -0.1) is 0 Å². The molecule has 0 aromatic heterocycles. The van der Waals surface area contributed by atoms with Gasteiger partial charge >= 0.3 is 6.18 Å². The molecule has 1 unspecified atom stereocenters. The molecular weight excluding hydrogens is 293 g/mol. The van der Waals surface area contributed by atoms with Crippen LogP contribution in [0.3, 0.4) is 0 Å². The predicted octanol–water partition coefficient (Wildman–Crippen LogP) is 5.96. The normalized spacial score (nSPS) is 18.1. The molecule has 0 radical (unpaired) electrons. The molecule has 0 nitrogen and oxygen atoms in total. The van der Waals surface area contributed by atoms with E-state index in [1.165, 1.54) is 10.5 Å². The van der Waals surface area contributed by atoms with Crippen molar-refractivity contribution < 1.29 is 13.2 Å². The highest BCUT2D eigenvalue weighted by molar-refractivity contribution is 8.08. The third-order valence-electron chi connectivity index (χ3n) is 3.53. The highest BCUT2D eigenvalue weighted by Gasteiger charge is 2.30. The SMILES string of the molecule is CC1C=C(c2ccc(C(F)(F)F)cc2)Sc2ccccc21. The summed E-state index contributed by atoms with van der Waals surface area (Å²) < 4.78 is 37.8. The van der Waals surface area contributed by atoms with E-state index in [-0.39, 0.29) is 5.92 Å². The summed E-state index contributed by atoms with van der Waals surface area (Å²) >= 11 is 1.61. The Morgan fingerprint density at radius 3 is 2.29 bits per heavy atom. The Morgan fingerprint density at radius 1 is 0.952 bits per heavy atom. The second-order valence-corrected chi connectivity index (χ2v) is 6.12. The van der Waals surface area contributed by atoms with E-state index in [1.54, 1.807) is 23.9 Å². The summed E-state index contributed by atoms with van der Waals surface area (Å²) in [7, 11) is 0. The molecule has 0 N–H and O–H groups in total. The number of halogens is 3. The molecule has 1 heterocycles. The lowest BCUT2D eigenvalue weighted by molar-refractivity contribution is -0.137. The summed E-state index contributed by atoms with van der Waals surface area (Å²) in [5.74, 6) is 0.264. The number of allylic oxidation sites excluding steroid dienone is 1. The molecule has 0 saturated carbocycles. The number of thioether (sulfide) groups is 1. The van der Waals surface area contributed by atoms with Crippen molar-refractivity contribution >= 4 is 16.7 Å². The fourth-order valence-electron chi connectivity index (χ4n) is 2.40. The summed E-state index contributed by atoms with van der Waals surface area (Å²) in [5, 5.41) is 0. The van der Waals surface area contributed by atoms with Gasteiger partial charge in [-0.25, -0.2) is 0 Å². The van der Waals surface area contributed by atoms with Gasteiger partial charge in [-0.05, 0) is 29.3 Å². The maximum Gasteiger partial charge on any atom is 0.416 e. The largest absolute Gasteiger partial charge is 0.416 e. The maximum atomic E-state index is 12.6. The second kappa shape index (κ2) is 5.26. The molecule has 0 amide bonds. The molecule has 4 heteroatoms. The number of alkyl halides is 3. The number of fused-ring (bicyclic) bond motifs is 1. The van der Waals surface area contributed by atoms with Gasteiger partial charge in [0.2, 0.25) is 0 Å². The van der Waals surface area contributed by atoms with Gasteiger partial charge in [0.1, 0.15) is 0 Å². The Labute approximate surface area is 125 Å². The van der Waals surface area contributed by atoms with Crippen LogP contribution in [0.5, 0.6) is 0 Å². The molecule has 0 spiro atoms. The molecular formula is C17H13F3S. The maximum absolute atomic E-state index is 12.6.